The van der Waals surface area contributed by atoms with Crippen molar-refractivity contribution < 1.29 is 27.2 Å². The zero-order chi connectivity index (χ0) is 22.6. The van der Waals surface area contributed by atoms with E-state index < -0.39 is 17.7 Å². The van der Waals surface area contributed by atoms with Gasteiger partial charge in [-0.05, 0) is 36.4 Å². The summed E-state index contributed by atoms with van der Waals surface area (Å²) in [7, 11) is 0. The minimum Gasteiger partial charge on any atom is -0.452 e. The van der Waals surface area contributed by atoms with Gasteiger partial charge >= 0.3 is 12.1 Å². The van der Waals surface area contributed by atoms with Gasteiger partial charge in [-0.2, -0.15) is 18.2 Å². The van der Waals surface area contributed by atoms with Gasteiger partial charge in [-0.15, -0.1) is 0 Å². The van der Waals surface area contributed by atoms with Gasteiger partial charge in [0.15, 0.2) is 6.61 Å². The predicted molar refractivity (Wildman–Crippen MR) is 106 cm³/mol. The quantitative estimate of drug-likeness (QED) is 0.432. The monoisotopic (exact) mass is 441 g/mol. The van der Waals surface area contributed by atoms with Crippen LogP contribution in [0.5, 0.6) is 0 Å². The summed E-state index contributed by atoms with van der Waals surface area (Å²) in [5, 5.41) is 6.67. The van der Waals surface area contributed by atoms with E-state index in [0.29, 0.717) is 17.2 Å². The smallest absolute Gasteiger partial charge is 0.416 e. The lowest BCUT2D eigenvalue weighted by molar-refractivity contribution is -0.137. The minimum absolute atomic E-state index is 0.000197. The predicted octanol–water partition coefficient (Wildman–Crippen LogP) is 4.65. The van der Waals surface area contributed by atoms with Crippen molar-refractivity contribution in [2.45, 2.75) is 12.8 Å². The largest absolute Gasteiger partial charge is 0.452 e. The maximum Gasteiger partial charge on any atom is 0.416 e. The highest BCUT2D eigenvalue weighted by Gasteiger charge is 2.30. The molecule has 0 aliphatic rings. The number of hydrogen-bond acceptors (Lipinski definition) is 8. The average molecular weight is 441 g/mol. The van der Waals surface area contributed by atoms with Crippen molar-refractivity contribution in [2.24, 2.45) is 0 Å². The number of aromatic nitrogens is 4. The second-order valence-electron chi connectivity index (χ2n) is 6.44. The highest BCUT2D eigenvalue weighted by Crippen LogP contribution is 2.30. The molecule has 0 spiro atoms. The molecule has 0 bridgehead atoms. The molecule has 0 aliphatic heterocycles. The number of halogens is 3. The maximum atomic E-state index is 12.7. The summed E-state index contributed by atoms with van der Waals surface area (Å²) >= 11 is 0. The van der Waals surface area contributed by atoms with Gasteiger partial charge in [0.25, 0.3) is 5.89 Å². The Kier molecular flexibility index (Phi) is 5.79. The van der Waals surface area contributed by atoms with Crippen LogP contribution in [0.15, 0.2) is 71.5 Å². The number of nitrogens with zero attached hydrogens (tertiary/aromatic N) is 4. The van der Waals surface area contributed by atoms with Crippen LogP contribution in [0, 0.1) is 0 Å². The number of carbonyl (C=O) groups is 1. The number of alkyl halides is 3. The first-order chi connectivity index (χ1) is 15.4. The Hall–Kier alpha value is -4.28. The number of rotatable bonds is 6. The molecule has 8 nitrogen and oxygen atoms in total. The molecule has 162 valence electrons. The van der Waals surface area contributed by atoms with Crippen LogP contribution in [0.2, 0.25) is 0 Å². The average Bonchev–Trinajstić information content (AvgIpc) is 3.27. The number of esters is 1. The van der Waals surface area contributed by atoms with E-state index in [1.165, 1.54) is 12.1 Å². The number of carbonyl (C=O) groups excluding carboxylic acids is 1. The lowest BCUT2D eigenvalue weighted by Gasteiger charge is -2.06. The third kappa shape index (κ3) is 5.06. The van der Waals surface area contributed by atoms with Crippen LogP contribution in [0.3, 0.4) is 0 Å². The summed E-state index contributed by atoms with van der Waals surface area (Å²) in [6, 6.07) is 12.5. The number of nitrogens with one attached hydrogen (secondary N) is 1. The normalized spacial score (nSPS) is 11.2. The van der Waals surface area contributed by atoms with Gasteiger partial charge in [0.2, 0.25) is 11.8 Å². The zero-order valence-electron chi connectivity index (χ0n) is 16.2. The second kappa shape index (κ2) is 8.84. The highest BCUT2D eigenvalue weighted by molar-refractivity contribution is 5.90. The van der Waals surface area contributed by atoms with Crippen LogP contribution in [0.4, 0.5) is 24.8 Å². The van der Waals surface area contributed by atoms with Crippen LogP contribution < -0.4 is 5.32 Å². The standard InChI is InChI=1S/C21H14F3N5O3/c22-21(23,24)15-7-5-13(6-8-15)18-28-17(32-29-18)12-31-19(30)14-3-1-4-16(11-14)27-20-25-9-2-10-26-20/h1-11H,12H2,(H,25,26,27). The van der Waals surface area contributed by atoms with Crippen LogP contribution in [-0.4, -0.2) is 26.1 Å². The number of ether oxygens (including phenoxy) is 1. The van der Waals surface area contributed by atoms with Gasteiger partial charge < -0.3 is 14.6 Å². The fraction of sp³-hybridized carbons (Fsp3) is 0.0952. The van der Waals surface area contributed by atoms with Gasteiger partial charge in [0, 0.05) is 23.6 Å². The molecule has 0 amide bonds. The molecule has 4 aromatic rings. The number of anilines is 2. The van der Waals surface area contributed by atoms with Gasteiger partial charge in [0.1, 0.15) is 0 Å². The molecule has 0 fully saturated rings. The van der Waals surface area contributed by atoms with E-state index in [1.807, 2.05) is 0 Å². The van der Waals surface area contributed by atoms with Crippen LogP contribution in [0.25, 0.3) is 11.4 Å². The Morgan fingerprint density at radius 3 is 2.50 bits per heavy atom. The SMILES string of the molecule is O=C(OCc1nc(-c2ccc(C(F)(F)F)cc2)no1)c1cccc(Nc2ncccn2)c1. The van der Waals surface area contributed by atoms with Crippen molar-refractivity contribution in [1.82, 2.24) is 20.1 Å². The molecule has 0 saturated heterocycles. The fourth-order valence-electron chi connectivity index (χ4n) is 2.67. The topological polar surface area (TPSA) is 103 Å². The Balaban J connectivity index is 1.38. The molecule has 32 heavy (non-hydrogen) atoms. The molecular weight excluding hydrogens is 427 g/mol. The van der Waals surface area contributed by atoms with E-state index in [0.717, 1.165) is 12.1 Å². The van der Waals surface area contributed by atoms with Gasteiger partial charge in [-0.25, -0.2) is 14.8 Å². The Morgan fingerprint density at radius 2 is 1.78 bits per heavy atom. The van der Waals surface area contributed by atoms with E-state index in [2.05, 4.69) is 25.4 Å². The molecule has 0 aliphatic carbocycles. The molecule has 2 heterocycles. The molecule has 0 saturated carbocycles. The molecule has 0 unspecified atom stereocenters. The van der Waals surface area contributed by atoms with Crippen molar-refractivity contribution >= 4 is 17.6 Å². The van der Waals surface area contributed by atoms with Crippen LogP contribution >= 0.6 is 0 Å². The first kappa shape index (κ1) is 21.0. The zero-order valence-corrected chi connectivity index (χ0v) is 16.2. The Morgan fingerprint density at radius 1 is 1.03 bits per heavy atom. The van der Waals surface area contributed by atoms with E-state index >= 15 is 0 Å². The van der Waals surface area contributed by atoms with Crippen LogP contribution in [-0.2, 0) is 17.5 Å². The summed E-state index contributed by atoms with van der Waals surface area (Å²) in [6.07, 6.45) is -1.27. The summed E-state index contributed by atoms with van der Waals surface area (Å²) in [5.74, 6) is -0.171. The molecule has 0 radical (unpaired) electrons. The molecule has 1 N–H and O–H groups in total. The highest BCUT2D eigenvalue weighted by atomic mass is 19.4. The molecule has 2 aromatic carbocycles. The molecule has 11 heteroatoms. The Labute approximate surface area is 179 Å². The third-order valence-corrected chi connectivity index (χ3v) is 4.19. The summed E-state index contributed by atoms with van der Waals surface area (Å²) < 4.78 is 48.2. The molecule has 4 rings (SSSR count). The first-order valence-electron chi connectivity index (χ1n) is 9.20. The van der Waals surface area contributed by atoms with Crippen LogP contribution in [0.1, 0.15) is 21.8 Å². The van der Waals surface area contributed by atoms with E-state index in [1.54, 1.807) is 42.7 Å². The molecule has 0 atom stereocenters. The van der Waals surface area contributed by atoms with Crippen molar-refractivity contribution in [3.63, 3.8) is 0 Å². The second-order valence-corrected chi connectivity index (χ2v) is 6.44. The Bertz CT molecular complexity index is 1210. The van der Waals surface area contributed by atoms with Gasteiger partial charge in [-0.1, -0.05) is 23.4 Å². The first-order valence-corrected chi connectivity index (χ1v) is 9.20. The fourth-order valence-corrected chi connectivity index (χ4v) is 2.67. The van der Waals surface area contributed by atoms with E-state index in [-0.39, 0.29) is 23.9 Å². The van der Waals surface area contributed by atoms with Crippen molar-refractivity contribution in [2.75, 3.05) is 5.32 Å². The molecule has 2 aromatic heterocycles. The van der Waals surface area contributed by atoms with Crippen molar-refractivity contribution in [1.29, 1.82) is 0 Å². The lowest BCUT2D eigenvalue weighted by atomic mass is 10.1. The van der Waals surface area contributed by atoms with Crippen molar-refractivity contribution in [3.05, 3.63) is 84.0 Å². The molecular formula is C21H14F3N5O3. The van der Waals surface area contributed by atoms with Gasteiger partial charge in [-0.3, -0.25) is 0 Å². The lowest BCUT2D eigenvalue weighted by Crippen LogP contribution is -2.06. The van der Waals surface area contributed by atoms with Gasteiger partial charge in [0.05, 0.1) is 11.1 Å². The maximum absolute atomic E-state index is 12.7. The van der Waals surface area contributed by atoms with E-state index in [4.69, 9.17) is 9.26 Å². The summed E-state index contributed by atoms with van der Waals surface area (Å²) in [4.78, 5) is 24.5. The number of benzene rings is 2. The summed E-state index contributed by atoms with van der Waals surface area (Å²) in [6.45, 7) is -0.300. The van der Waals surface area contributed by atoms with Crippen molar-refractivity contribution in [3.8, 4) is 11.4 Å². The van der Waals surface area contributed by atoms with E-state index in [9.17, 15) is 18.0 Å². The number of hydrogen-bond donors (Lipinski definition) is 1. The third-order valence-electron chi connectivity index (χ3n) is 4.19. The summed E-state index contributed by atoms with van der Waals surface area (Å²) in [5.41, 5.74) is 0.414. The minimum atomic E-state index is -4.43.